The number of benzene rings is 2. The maximum atomic E-state index is 14.0. The maximum Gasteiger partial charge on any atom is 0.317 e. The third-order valence-corrected chi connectivity index (χ3v) is 11.3. The van der Waals surface area contributed by atoms with Crippen LogP contribution in [0.4, 0.5) is 16.2 Å². The fraction of sp³-hybridized carbons (Fsp3) is 0.559. The normalized spacial score (nSPS) is 20.4. The second-order valence-electron chi connectivity index (χ2n) is 12.9. The number of halogens is 2. The standard InChI is InChI=1S/C34H44Cl2N6O4S/c35-27-19-25(28(36)18-24(27)6-2-1-5-11-37-34(46)39-14-12-38(13-15-39)21-32(43)44)20-40-23-47-22-31(40)33(45)42-17-16-41(26-9-10-26)29-7-3-4-8-30(29)42/h3-4,7-8,18-19,26,31H,1-2,5-6,9-17,20-23H2,(H,37,46)(H,43,44)/t31-/m0/s1. The number of nitrogens with one attached hydrogen (secondary N) is 1. The number of carboxylic acids is 1. The molecule has 2 aromatic rings. The minimum Gasteiger partial charge on any atom is -0.480 e. The summed E-state index contributed by atoms with van der Waals surface area (Å²) in [6.07, 6.45) is 5.98. The number of carbonyl (C=O) groups excluding carboxylic acids is 2. The summed E-state index contributed by atoms with van der Waals surface area (Å²) in [6, 6.07) is 12.6. The molecule has 0 unspecified atom stereocenters. The number of hydrogen-bond donors (Lipinski definition) is 2. The molecule has 0 bridgehead atoms. The van der Waals surface area contributed by atoms with Gasteiger partial charge in [-0.2, -0.15) is 0 Å². The van der Waals surface area contributed by atoms with Gasteiger partial charge in [0.25, 0.3) is 0 Å². The quantitative estimate of drug-likeness (QED) is 0.298. The van der Waals surface area contributed by atoms with Gasteiger partial charge < -0.3 is 25.1 Å². The number of carbonyl (C=O) groups is 3. The van der Waals surface area contributed by atoms with Crippen molar-refractivity contribution in [3.8, 4) is 0 Å². The monoisotopic (exact) mass is 702 g/mol. The van der Waals surface area contributed by atoms with Crippen molar-refractivity contribution in [2.45, 2.75) is 57.2 Å². The number of nitrogens with zero attached hydrogens (tertiary/aromatic N) is 5. The van der Waals surface area contributed by atoms with E-state index in [1.54, 1.807) is 16.7 Å². The van der Waals surface area contributed by atoms with Crippen LogP contribution in [0.2, 0.25) is 10.0 Å². The fourth-order valence-corrected chi connectivity index (χ4v) is 8.52. The fourth-order valence-electron chi connectivity index (χ4n) is 6.80. The van der Waals surface area contributed by atoms with E-state index >= 15 is 0 Å². The van der Waals surface area contributed by atoms with Crippen molar-refractivity contribution in [2.75, 3.05) is 73.8 Å². The highest BCUT2D eigenvalue weighted by Crippen LogP contribution is 2.41. The molecular formula is C34H44Cl2N6O4S. The van der Waals surface area contributed by atoms with E-state index in [0.717, 1.165) is 60.7 Å². The van der Waals surface area contributed by atoms with Crippen molar-refractivity contribution in [3.05, 3.63) is 57.6 Å². The zero-order valence-electron chi connectivity index (χ0n) is 26.7. The second-order valence-corrected chi connectivity index (χ2v) is 14.7. The van der Waals surface area contributed by atoms with Crippen LogP contribution in [0.15, 0.2) is 36.4 Å². The molecule has 4 aliphatic rings. The number of aryl methyl sites for hydroxylation is 1. The predicted octanol–water partition coefficient (Wildman–Crippen LogP) is 5.01. The molecule has 2 N–H and O–H groups in total. The number of aliphatic carboxylic acids is 1. The number of anilines is 2. The molecule has 10 nitrogen and oxygen atoms in total. The lowest BCUT2D eigenvalue weighted by Gasteiger charge is -2.39. The number of hydrogen-bond acceptors (Lipinski definition) is 7. The number of urea groups is 1. The van der Waals surface area contributed by atoms with Crippen LogP contribution in [0.1, 0.15) is 43.2 Å². The highest BCUT2D eigenvalue weighted by molar-refractivity contribution is 7.99. The number of fused-ring (bicyclic) bond motifs is 1. The number of carboxylic acid groups (broad SMARTS) is 1. The van der Waals surface area contributed by atoms with E-state index < -0.39 is 5.97 Å². The molecule has 1 aliphatic carbocycles. The minimum atomic E-state index is -0.842. The first-order chi connectivity index (χ1) is 22.8. The first kappa shape index (κ1) is 34.2. The maximum absolute atomic E-state index is 14.0. The first-order valence-corrected chi connectivity index (χ1v) is 18.6. The molecule has 2 aromatic carbocycles. The molecule has 3 fully saturated rings. The average Bonchev–Trinajstić information content (AvgIpc) is 3.81. The Morgan fingerprint density at radius 1 is 0.894 bits per heavy atom. The SMILES string of the molecule is O=C(O)CN1CCN(C(=O)NCCCCCc2cc(Cl)c(CN3CSC[C@H]3C(=O)N3CCN(C4CC4)c4ccccc43)cc2Cl)CC1. The molecule has 47 heavy (non-hydrogen) atoms. The lowest BCUT2D eigenvalue weighted by molar-refractivity contribution is -0.138. The molecule has 1 atom stereocenters. The van der Waals surface area contributed by atoms with Crippen LogP contribution in [-0.2, 0) is 22.6 Å². The zero-order chi connectivity index (χ0) is 32.9. The summed E-state index contributed by atoms with van der Waals surface area (Å²) in [5.41, 5.74) is 4.14. The van der Waals surface area contributed by atoms with Crippen LogP contribution < -0.4 is 15.1 Å². The van der Waals surface area contributed by atoms with E-state index in [0.29, 0.717) is 61.9 Å². The Kier molecular flexibility index (Phi) is 11.4. The van der Waals surface area contributed by atoms with E-state index in [4.69, 9.17) is 28.3 Å². The van der Waals surface area contributed by atoms with Crippen molar-refractivity contribution in [1.82, 2.24) is 20.0 Å². The van der Waals surface area contributed by atoms with Gasteiger partial charge in [0.1, 0.15) is 0 Å². The third-order valence-electron chi connectivity index (χ3n) is 9.57. The van der Waals surface area contributed by atoms with Crippen molar-refractivity contribution < 1.29 is 19.5 Å². The van der Waals surface area contributed by atoms with E-state index in [1.807, 2.05) is 28.0 Å². The van der Waals surface area contributed by atoms with Crippen molar-refractivity contribution in [3.63, 3.8) is 0 Å². The molecule has 2 saturated heterocycles. The van der Waals surface area contributed by atoms with Gasteiger partial charge in [-0.05, 0) is 67.5 Å². The van der Waals surface area contributed by atoms with Crippen LogP contribution in [-0.4, -0.2) is 114 Å². The van der Waals surface area contributed by atoms with Gasteiger partial charge in [0, 0.05) is 80.1 Å². The summed E-state index contributed by atoms with van der Waals surface area (Å²) in [7, 11) is 0. The van der Waals surface area contributed by atoms with Gasteiger partial charge >= 0.3 is 12.0 Å². The minimum absolute atomic E-state index is 0.0145. The van der Waals surface area contributed by atoms with Gasteiger partial charge in [-0.15, -0.1) is 11.8 Å². The van der Waals surface area contributed by atoms with Crippen LogP contribution in [0, 0.1) is 0 Å². The van der Waals surface area contributed by atoms with Crippen LogP contribution in [0.3, 0.4) is 0 Å². The summed E-state index contributed by atoms with van der Waals surface area (Å²) >= 11 is 15.3. The Morgan fingerprint density at radius 2 is 1.62 bits per heavy atom. The smallest absolute Gasteiger partial charge is 0.317 e. The second kappa shape index (κ2) is 15.7. The molecule has 3 amide bonds. The van der Waals surface area contributed by atoms with Gasteiger partial charge in [-0.1, -0.05) is 41.8 Å². The molecule has 254 valence electrons. The molecular weight excluding hydrogens is 659 g/mol. The van der Waals surface area contributed by atoms with Crippen LogP contribution in [0.25, 0.3) is 0 Å². The van der Waals surface area contributed by atoms with Gasteiger partial charge in [0.2, 0.25) is 5.91 Å². The Labute approximate surface area is 291 Å². The van der Waals surface area contributed by atoms with Crippen LogP contribution >= 0.6 is 35.0 Å². The van der Waals surface area contributed by atoms with Crippen LogP contribution in [0.5, 0.6) is 0 Å². The lowest BCUT2D eigenvalue weighted by Crippen LogP contribution is -2.52. The largest absolute Gasteiger partial charge is 0.480 e. The summed E-state index contributed by atoms with van der Waals surface area (Å²) in [5, 5.41) is 13.3. The third kappa shape index (κ3) is 8.48. The summed E-state index contributed by atoms with van der Waals surface area (Å²) in [5.74, 6) is 0.848. The Morgan fingerprint density at radius 3 is 2.36 bits per heavy atom. The molecule has 6 rings (SSSR count). The van der Waals surface area contributed by atoms with Crippen molar-refractivity contribution in [1.29, 1.82) is 0 Å². The predicted molar refractivity (Wildman–Crippen MR) is 189 cm³/mol. The van der Waals surface area contributed by atoms with Crippen molar-refractivity contribution in [2.24, 2.45) is 0 Å². The lowest BCUT2D eigenvalue weighted by atomic mass is 10.0. The van der Waals surface area contributed by atoms with Gasteiger partial charge in [0.05, 0.1) is 24.0 Å². The highest BCUT2D eigenvalue weighted by atomic mass is 35.5. The number of para-hydroxylation sites is 2. The molecule has 13 heteroatoms. The molecule has 0 radical (unpaired) electrons. The van der Waals surface area contributed by atoms with Gasteiger partial charge in [0.15, 0.2) is 0 Å². The first-order valence-electron chi connectivity index (χ1n) is 16.7. The van der Waals surface area contributed by atoms with E-state index in [1.165, 1.54) is 18.5 Å². The average molecular weight is 704 g/mol. The van der Waals surface area contributed by atoms with Crippen molar-refractivity contribution >= 4 is 64.2 Å². The zero-order valence-corrected chi connectivity index (χ0v) is 29.0. The Balaban J connectivity index is 0.957. The molecule has 0 spiro atoms. The Hall–Kier alpha value is -2.70. The summed E-state index contributed by atoms with van der Waals surface area (Å²) in [4.78, 5) is 47.6. The molecule has 1 saturated carbocycles. The summed E-state index contributed by atoms with van der Waals surface area (Å²) in [6.45, 7) is 4.98. The number of thioether (sulfide) groups is 1. The van der Waals surface area contributed by atoms with Gasteiger partial charge in [-0.3, -0.25) is 19.4 Å². The number of piperazine rings is 1. The van der Waals surface area contributed by atoms with E-state index in [9.17, 15) is 14.4 Å². The number of amides is 3. The van der Waals surface area contributed by atoms with E-state index in [2.05, 4.69) is 33.3 Å². The molecule has 3 heterocycles. The number of unbranched alkanes of at least 4 members (excludes halogenated alkanes) is 2. The van der Waals surface area contributed by atoms with Gasteiger partial charge in [-0.25, -0.2) is 4.79 Å². The highest BCUT2D eigenvalue weighted by Gasteiger charge is 2.40. The summed E-state index contributed by atoms with van der Waals surface area (Å²) < 4.78 is 0. The molecule has 0 aromatic heterocycles. The molecule has 3 aliphatic heterocycles. The Bertz CT molecular complexity index is 1450. The topological polar surface area (TPSA) is 99.7 Å². The van der Waals surface area contributed by atoms with E-state index in [-0.39, 0.29) is 24.5 Å². The number of rotatable bonds is 12.